The number of carbonyl (C=O) groups is 1. The summed E-state index contributed by atoms with van der Waals surface area (Å²) in [5, 5.41) is 14.8. The average Bonchev–Trinajstić information content (AvgIpc) is 3.22. The summed E-state index contributed by atoms with van der Waals surface area (Å²) in [7, 11) is 0. The molecule has 0 aliphatic heterocycles. The number of aromatic nitrogens is 4. The molecule has 3 rings (SSSR count). The molecule has 1 saturated carbocycles. The summed E-state index contributed by atoms with van der Waals surface area (Å²) in [4.78, 5) is 11.8. The molecule has 116 valence electrons. The second kappa shape index (κ2) is 6.74. The third kappa shape index (κ3) is 3.83. The highest BCUT2D eigenvalue weighted by Gasteiger charge is 2.27. The Morgan fingerprint density at radius 2 is 2.32 bits per heavy atom. The third-order valence-electron chi connectivity index (χ3n) is 3.12. The van der Waals surface area contributed by atoms with Crippen molar-refractivity contribution in [2.75, 3.05) is 11.1 Å². The summed E-state index contributed by atoms with van der Waals surface area (Å²) < 4.78 is 16.1. The number of benzene rings is 1. The van der Waals surface area contributed by atoms with Crippen LogP contribution >= 0.6 is 27.7 Å². The van der Waals surface area contributed by atoms with Gasteiger partial charge in [-0.15, -0.1) is 5.10 Å². The van der Waals surface area contributed by atoms with E-state index in [4.69, 9.17) is 0 Å². The number of nitrogens with zero attached hydrogens (tertiary/aromatic N) is 4. The van der Waals surface area contributed by atoms with Crippen molar-refractivity contribution in [1.29, 1.82) is 0 Å². The van der Waals surface area contributed by atoms with E-state index in [1.807, 2.05) is 0 Å². The predicted octanol–water partition coefficient (Wildman–Crippen LogP) is 3.03. The van der Waals surface area contributed by atoms with Crippen molar-refractivity contribution in [3.8, 4) is 0 Å². The zero-order valence-corrected chi connectivity index (χ0v) is 13.9. The van der Waals surface area contributed by atoms with Crippen LogP contribution in [0, 0.1) is 5.82 Å². The van der Waals surface area contributed by atoms with Gasteiger partial charge in [0.05, 0.1) is 11.7 Å². The fourth-order valence-corrected chi connectivity index (χ4v) is 3.08. The van der Waals surface area contributed by atoms with Crippen molar-refractivity contribution in [3.63, 3.8) is 0 Å². The van der Waals surface area contributed by atoms with Crippen LogP contribution in [0.25, 0.3) is 0 Å². The van der Waals surface area contributed by atoms with Crippen LogP contribution in [-0.2, 0) is 4.79 Å². The van der Waals surface area contributed by atoms with E-state index >= 15 is 0 Å². The Hall–Kier alpha value is -1.48. The molecule has 0 bridgehead atoms. The van der Waals surface area contributed by atoms with E-state index < -0.39 is 5.82 Å². The fraction of sp³-hybridized carbons (Fsp3) is 0.385. The van der Waals surface area contributed by atoms with Crippen molar-refractivity contribution in [3.05, 3.63) is 28.5 Å². The normalized spacial score (nSPS) is 14.1. The minimum absolute atomic E-state index is 0.181. The molecule has 1 aliphatic rings. The van der Waals surface area contributed by atoms with E-state index in [2.05, 4.69) is 36.8 Å². The zero-order valence-electron chi connectivity index (χ0n) is 11.5. The van der Waals surface area contributed by atoms with Gasteiger partial charge in [-0.2, -0.15) is 0 Å². The van der Waals surface area contributed by atoms with Crippen LogP contribution in [0.3, 0.4) is 0 Å². The van der Waals surface area contributed by atoms with Gasteiger partial charge in [0, 0.05) is 16.6 Å². The van der Waals surface area contributed by atoms with E-state index in [1.54, 1.807) is 10.7 Å². The van der Waals surface area contributed by atoms with Gasteiger partial charge in [-0.3, -0.25) is 4.79 Å². The van der Waals surface area contributed by atoms with Gasteiger partial charge in [-0.1, -0.05) is 27.7 Å². The molecule has 1 aromatic carbocycles. The average molecular weight is 386 g/mol. The zero-order chi connectivity index (χ0) is 15.5. The lowest BCUT2D eigenvalue weighted by Gasteiger charge is -2.06. The number of halogens is 2. The Kier molecular flexibility index (Phi) is 4.72. The summed E-state index contributed by atoms with van der Waals surface area (Å²) in [6, 6.07) is 4.92. The highest BCUT2D eigenvalue weighted by atomic mass is 79.9. The number of tetrazole rings is 1. The molecule has 22 heavy (non-hydrogen) atoms. The molecule has 0 saturated heterocycles. The summed E-state index contributed by atoms with van der Waals surface area (Å²) in [5.41, 5.74) is 0.181. The number of anilines is 1. The Morgan fingerprint density at radius 3 is 3.05 bits per heavy atom. The summed E-state index contributed by atoms with van der Waals surface area (Å²) >= 11 is 4.61. The predicted molar refractivity (Wildman–Crippen MR) is 84.2 cm³/mol. The molecule has 1 fully saturated rings. The number of rotatable bonds is 6. The maximum Gasteiger partial charge on any atom is 0.225 e. The van der Waals surface area contributed by atoms with Crippen LogP contribution in [0.15, 0.2) is 27.8 Å². The number of thioether (sulfide) groups is 1. The van der Waals surface area contributed by atoms with Crippen molar-refractivity contribution >= 4 is 39.3 Å². The van der Waals surface area contributed by atoms with Crippen LogP contribution in [0.5, 0.6) is 0 Å². The van der Waals surface area contributed by atoms with Crippen LogP contribution in [-0.4, -0.2) is 31.9 Å². The number of amides is 1. The Labute approximate surface area is 139 Å². The second-order valence-corrected chi connectivity index (χ2v) is 6.89. The minimum atomic E-state index is -0.465. The largest absolute Gasteiger partial charge is 0.324 e. The van der Waals surface area contributed by atoms with Crippen LogP contribution < -0.4 is 5.32 Å². The molecule has 0 spiro atoms. The lowest BCUT2D eigenvalue weighted by atomic mass is 10.3. The van der Waals surface area contributed by atoms with Gasteiger partial charge in [0.2, 0.25) is 11.1 Å². The van der Waals surface area contributed by atoms with Crippen LogP contribution in [0.2, 0.25) is 0 Å². The van der Waals surface area contributed by atoms with Gasteiger partial charge >= 0.3 is 0 Å². The molecule has 1 aliphatic carbocycles. The Balaban J connectivity index is 1.49. The monoisotopic (exact) mass is 385 g/mol. The second-order valence-electron chi connectivity index (χ2n) is 4.91. The Morgan fingerprint density at radius 1 is 1.50 bits per heavy atom. The van der Waals surface area contributed by atoms with Gasteiger partial charge in [0.25, 0.3) is 0 Å². The number of carbonyl (C=O) groups excluding carboxylic acids is 1. The molecule has 2 aromatic rings. The molecule has 0 radical (unpaired) electrons. The molecule has 1 heterocycles. The highest BCUT2D eigenvalue weighted by molar-refractivity contribution is 9.10. The fourth-order valence-electron chi connectivity index (χ4n) is 1.87. The first-order chi connectivity index (χ1) is 10.6. The van der Waals surface area contributed by atoms with E-state index in [-0.39, 0.29) is 18.0 Å². The number of hydrogen-bond donors (Lipinski definition) is 1. The van der Waals surface area contributed by atoms with E-state index in [1.165, 1.54) is 23.9 Å². The molecule has 1 aromatic heterocycles. The molecule has 6 nitrogen and oxygen atoms in total. The molecule has 1 N–H and O–H groups in total. The minimum Gasteiger partial charge on any atom is -0.324 e. The maximum absolute atomic E-state index is 13.6. The molecule has 9 heteroatoms. The van der Waals surface area contributed by atoms with Crippen molar-refractivity contribution < 1.29 is 9.18 Å². The van der Waals surface area contributed by atoms with Gasteiger partial charge in [-0.05, 0) is 41.5 Å². The smallest absolute Gasteiger partial charge is 0.225 e. The summed E-state index contributed by atoms with van der Waals surface area (Å²) in [6.45, 7) is 0. The first-order valence-electron chi connectivity index (χ1n) is 6.79. The Bertz CT molecular complexity index is 691. The number of hydrogen-bond acceptors (Lipinski definition) is 5. The maximum atomic E-state index is 13.6. The first-order valence-corrected chi connectivity index (χ1v) is 8.57. The van der Waals surface area contributed by atoms with Gasteiger partial charge in [-0.25, -0.2) is 9.07 Å². The topological polar surface area (TPSA) is 72.7 Å². The lowest BCUT2D eigenvalue weighted by molar-refractivity contribution is -0.115. The number of nitrogens with one attached hydrogen (secondary N) is 1. The van der Waals surface area contributed by atoms with Crippen molar-refractivity contribution in [2.24, 2.45) is 0 Å². The lowest BCUT2D eigenvalue weighted by Crippen LogP contribution is -2.13. The van der Waals surface area contributed by atoms with E-state index in [0.717, 1.165) is 18.0 Å². The van der Waals surface area contributed by atoms with E-state index in [0.29, 0.717) is 16.3 Å². The SMILES string of the molecule is O=C(CCSc1nnnn1C1CC1)Nc1ccc(Br)cc1F. The summed E-state index contributed by atoms with van der Waals surface area (Å²) in [6.07, 6.45) is 2.46. The standard InChI is InChI=1S/C13H13BrFN5OS/c14-8-1-4-11(10(15)7-8)16-12(21)5-6-22-13-17-18-19-20(13)9-2-3-9/h1,4,7,9H,2-3,5-6H2,(H,16,21). The van der Waals surface area contributed by atoms with Gasteiger partial charge in [0.1, 0.15) is 5.82 Å². The first kappa shape index (κ1) is 15.4. The quantitative estimate of drug-likeness (QED) is 0.773. The molecule has 0 unspecified atom stereocenters. The molecular formula is C13H13BrFN5OS. The van der Waals surface area contributed by atoms with Crippen molar-refractivity contribution in [1.82, 2.24) is 20.2 Å². The van der Waals surface area contributed by atoms with E-state index in [9.17, 15) is 9.18 Å². The van der Waals surface area contributed by atoms with Crippen LogP contribution in [0.1, 0.15) is 25.3 Å². The highest BCUT2D eigenvalue weighted by Crippen LogP contribution is 2.36. The van der Waals surface area contributed by atoms with Crippen molar-refractivity contribution in [2.45, 2.75) is 30.5 Å². The third-order valence-corrected chi connectivity index (χ3v) is 4.55. The molecular weight excluding hydrogens is 373 g/mol. The van der Waals surface area contributed by atoms with Gasteiger partial charge < -0.3 is 5.32 Å². The summed E-state index contributed by atoms with van der Waals surface area (Å²) in [5.74, 6) is -0.163. The molecule has 0 atom stereocenters. The van der Waals surface area contributed by atoms with Gasteiger partial charge in [0.15, 0.2) is 0 Å². The van der Waals surface area contributed by atoms with Crippen LogP contribution in [0.4, 0.5) is 10.1 Å². The molecule has 1 amide bonds.